The minimum absolute atomic E-state index is 0.305. The molecule has 2 aliphatic heterocycles. The van der Waals surface area contributed by atoms with E-state index in [1.165, 1.54) is 26.5 Å². The van der Waals surface area contributed by atoms with Crippen LogP contribution < -0.4 is 4.90 Å². The highest BCUT2D eigenvalue weighted by atomic mass is 16.5. The summed E-state index contributed by atoms with van der Waals surface area (Å²) in [6, 6.07) is 4.60. The van der Waals surface area contributed by atoms with Crippen molar-refractivity contribution in [2.24, 2.45) is 0 Å². The average molecular weight is 275 g/mol. The van der Waals surface area contributed by atoms with Crippen LogP contribution in [0, 0.1) is 0 Å². The quantitative estimate of drug-likeness (QED) is 0.766. The lowest BCUT2D eigenvalue weighted by Crippen LogP contribution is -2.55. The van der Waals surface area contributed by atoms with Crippen LogP contribution in [0.15, 0.2) is 18.3 Å². The van der Waals surface area contributed by atoms with E-state index in [2.05, 4.69) is 21.7 Å². The summed E-state index contributed by atoms with van der Waals surface area (Å²) in [6.45, 7) is 5.52. The molecule has 2 saturated heterocycles. The first kappa shape index (κ1) is 13.4. The van der Waals surface area contributed by atoms with Gasteiger partial charge in [0.1, 0.15) is 5.82 Å². The van der Waals surface area contributed by atoms with E-state index in [-0.39, 0.29) is 5.97 Å². The molecule has 0 aliphatic carbocycles. The van der Waals surface area contributed by atoms with Gasteiger partial charge in [-0.15, -0.1) is 0 Å². The van der Waals surface area contributed by atoms with E-state index in [0.717, 1.165) is 18.9 Å². The summed E-state index contributed by atoms with van der Waals surface area (Å²) < 4.78 is 4.78. The molecule has 0 N–H and O–H groups in total. The molecule has 0 radical (unpaired) electrons. The summed E-state index contributed by atoms with van der Waals surface area (Å²) in [5.74, 6) is 0.577. The Balaban J connectivity index is 1.83. The molecular formula is C15H21N3O2. The number of rotatable bonds is 2. The molecule has 2 fully saturated rings. The monoisotopic (exact) mass is 275 g/mol. The fourth-order valence-corrected chi connectivity index (χ4v) is 3.33. The Labute approximate surface area is 119 Å². The van der Waals surface area contributed by atoms with Crippen molar-refractivity contribution in [1.29, 1.82) is 0 Å². The summed E-state index contributed by atoms with van der Waals surface area (Å²) in [4.78, 5) is 21.0. The topological polar surface area (TPSA) is 45.7 Å². The van der Waals surface area contributed by atoms with E-state index in [1.807, 2.05) is 6.07 Å². The third-order valence-corrected chi connectivity index (χ3v) is 4.40. The Kier molecular flexibility index (Phi) is 3.61. The van der Waals surface area contributed by atoms with Gasteiger partial charge in [-0.2, -0.15) is 0 Å². The van der Waals surface area contributed by atoms with Crippen molar-refractivity contribution in [3.63, 3.8) is 0 Å². The lowest BCUT2D eigenvalue weighted by molar-refractivity contribution is 0.0600. The third-order valence-electron chi connectivity index (χ3n) is 4.40. The number of esters is 1. The maximum atomic E-state index is 11.6. The van der Waals surface area contributed by atoms with Crippen molar-refractivity contribution in [2.75, 3.05) is 31.6 Å². The number of nitrogens with zero attached hydrogens (tertiary/aromatic N) is 3. The van der Waals surface area contributed by atoms with E-state index >= 15 is 0 Å². The van der Waals surface area contributed by atoms with Gasteiger partial charge in [-0.25, -0.2) is 9.78 Å². The number of carbonyl (C=O) groups excluding carboxylic acids is 1. The minimum atomic E-state index is -0.305. The number of hydrogen-bond acceptors (Lipinski definition) is 5. The molecule has 20 heavy (non-hydrogen) atoms. The predicted octanol–water partition coefficient (Wildman–Crippen LogP) is 1.54. The first-order chi connectivity index (χ1) is 9.69. The number of fused-ring (bicyclic) bond motifs is 1. The Bertz CT molecular complexity index is 506. The van der Waals surface area contributed by atoms with Crippen LogP contribution in [0.5, 0.6) is 0 Å². The summed E-state index contributed by atoms with van der Waals surface area (Å²) in [5.41, 5.74) is 0.568. The molecule has 0 bridgehead atoms. The van der Waals surface area contributed by atoms with Crippen molar-refractivity contribution >= 4 is 11.8 Å². The van der Waals surface area contributed by atoms with E-state index in [4.69, 9.17) is 4.74 Å². The molecule has 2 aliphatic rings. The van der Waals surface area contributed by atoms with E-state index < -0.39 is 0 Å². The first-order valence-corrected chi connectivity index (χ1v) is 7.24. The van der Waals surface area contributed by atoms with Crippen LogP contribution in [0.4, 0.5) is 5.82 Å². The largest absolute Gasteiger partial charge is 0.465 e. The normalized spacial score (nSPS) is 26.4. The number of methoxy groups -OCH3 is 1. The minimum Gasteiger partial charge on any atom is -0.465 e. The second-order valence-corrected chi connectivity index (χ2v) is 5.69. The lowest BCUT2D eigenvalue weighted by Gasteiger charge is -2.43. The number of carbonyl (C=O) groups is 1. The molecule has 0 amide bonds. The van der Waals surface area contributed by atoms with Gasteiger partial charge in [-0.05, 0) is 38.4 Å². The van der Waals surface area contributed by atoms with E-state index in [9.17, 15) is 4.79 Å². The van der Waals surface area contributed by atoms with Gasteiger partial charge >= 0.3 is 5.97 Å². The van der Waals surface area contributed by atoms with Gasteiger partial charge < -0.3 is 9.64 Å². The Morgan fingerprint density at radius 3 is 3.10 bits per heavy atom. The molecule has 2 unspecified atom stereocenters. The van der Waals surface area contributed by atoms with Crippen molar-refractivity contribution in [2.45, 2.75) is 31.8 Å². The summed E-state index contributed by atoms with van der Waals surface area (Å²) in [5, 5.41) is 0. The van der Waals surface area contributed by atoms with Crippen molar-refractivity contribution in [3.8, 4) is 0 Å². The van der Waals surface area contributed by atoms with Crippen LogP contribution in [-0.4, -0.2) is 54.7 Å². The van der Waals surface area contributed by atoms with Crippen LogP contribution in [0.25, 0.3) is 0 Å². The van der Waals surface area contributed by atoms with E-state index in [0.29, 0.717) is 17.6 Å². The molecule has 0 spiro atoms. The molecule has 2 atom stereocenters. The molecule has 0 aromatic carbocycles. The van der Waals surface area contributed by atoms with Gasteiger partial charge in [0.25, 0.3) is 0 Å². The van der Waals surface area contributed by atoms with Crippen LogP contribution in [0.1, 0.15) is 30.1 Å². The summed E-state index contributed by atoms with van der Waals surface area (Å²) in [7, 11) is 1.41. The van der Waals surface area contributed by atoms with Crippen LogP contribution in [0.3, 0.4) is 0 Å². The molecule has 108 valence electrons. The van der Waals surface area contributed by atoms with Gasteiger partial charge in [0.2, 0.25) is 0 Å². The number of ether oxygens (including phenoxy) is 1. The molecule has 5 nitrogen and oxygen atoms in total. The third kappa shape index (κ3) is 2.38. The smallest absolute Gasteiger partial charge is 0.338 e. The zero-order chi connectivity index (χ0) is 14.1. The summed E-state index contributed by atoms with van der Waals surface area (Å²) >= 11 is 0. The van der Waals surface area contributed by atoms with Gasteiger partial charge in [0, 0.05) is 31.4 Å². The molecule has 3 heterocycles. The highest BCUT2D eigenvalue weighted by molar-refractivity contribution is 5.90. The molecule has 1 aromatic heterocycles. The second-order valence-electron chi connectivity index (χ2n) is 5.69. The fraction of sp³-hybridized carbons (Fsp3) is 0.600. The maximum Gasteiger partial charge on any atom is 0.338 e. The SMILES string of the molecule is COC(=O)c1ccnc(N2CC3CCCN3CC2C)c1. The number of aromatic nitrogens is 1. The highest BCUT2D eigenvalue weighted by Gasteiger charge is 2.34. The molecular weight excluding hydrogens is 254 g/mol. The van der Waals surface area contributed by atoms with Gasteiger partial charge in [0.05, 0.1) is 12.7 Å². The standard InChI is InChI=1S/C15H21N3O2/c1-11-9-17-7-3-4-13(17)10-18(11)14-8-12(5-6-16-14)15(19)20-2/h5-6,8,11,13H,3-4,7,9-10H2,1-2H3. The van der Waals surface area contributed by atoms with Gasteiger partial charge in [-0.1, -0.05) is 0 Å². The van der Waals surface area contributed by atoms with Crippen molar-refractivity contribution < 1.29 is 9.53 Å². The van der Waals surface area contributed by atoms with Gasteiger partial charge in [0.15, 0.2) is 0 Å². The summed E-state index contributed by atoms with van der Waals surface area (Å²) in [6.07, 6.45) is 4.25. The average Bonchev–Trinajstić information content (AvgIpc) is 2.92. The fourth-order valence-electron chi connectivity index (χ4n) is 3.33. The number of piperazine rings is 1. The van der Waals surface area contributed by atoms with Crippen molar-refractivity contribution in [3.05, 3.63) is 23.9 Å². The maximum absolute atomic E-state index is 11.6. The van der Waals surface area contributed by atoms with Crippen molar-refractivity contribution in [1.82, 2.24) is 9.88 Å². The van der Waals surface area contributed by atoms with Crippen LogP contribution in [0.2, 0.25) is 0 Å². The van der Waals surface area contributed by atoms with Crippen LogP contribution in [-0.2, 0) is 4.74 Å². The predicted molar refractivity (Wildman–Crippen MR) is 77.0 cm³/mol. The number of anilines is 1. The molecule has 5 heteroatoms. The first-order valence-electron chi connectivity index (χ1n) is 7.24. The number of hydrogen-bond donors (Lipinski definition) is 0. The van der Waals surface area contributed by atoms with Crippen LogP contribution >= 0.6 is 0 Å². The highest BCUT2D eigenvalue weighted by Crippen LogP contribution is 2.27. The zero-order valence-electron chi connectivity index (χ0n) is 12.1. The lowest BCUT2D eigenvalue weighted by atomic mass is 10.1. The number of pyridine rings is 1. The molecule has 0 saturated carbocycles. The Hall–Kier alpha value is -1.62. The Morgan fingerprint density at radius 1 is 1.45 bits per heavy atom. The second kappa shape index (κ2) is 5.40. The molecule has 3 rings (SSSR count). The molecule has 1 aromatic rings. The zero-order valence-corrected chi connectivity index (χ0v) is 12.1. The van der Waals surface area contributed by atoms with Gasteiger partial charge in [-0.3, -0.25) is 4.90 Å². The Morgan fingerprint density at radius 2 is 2.30 bits per heavy atom. The van der Waals surface area contributed by atoms with E-state index in [1.54, 1.807) is 12.3 Å².